The zero-order valence-corrected chi connectivity index (χ0v) is 28.5. The van der Waals surface area contributed by atoms with E-state index in [1.165, 1.54) is 16.7 Å². The molecule has 7 rings (SSSR count). The molecule has 1 spiro atoms. The van der Waals surface area contributed by atoms with Gasteiger partial charge in [0.25, 0.3) is 0 Å². The summed E-state index contributed by atoms with van der Waals surface area (Å²) in [6, 6.07) is 8.58. The van der Waals surface area contributed by atoms with Crippen LogP contribution in [0.2, 0.25) is 0 Å². The summed E-state index contributed by atoms with van der Waals surface area (Å²) < 4.78 is 24.1. The van der Waals surface area contributed by atoms with Gasteiger partial charge in [-0.1, -0.05) is 53.0 Å². The van der Waals surface area contributed by atoms with Crippen LogP contribution in [0.4, 0.5) is 0 Å². The van der Waals surface area contributed by atoms with Crippen LogP contribution in [0.25, 0.3) is 0 Å². The van der Waals surface area contributed by atoms with Crippen LogP contribution in [-0.4, -0.2) is 53.3 Å². The molecule has 2 saturated heterocycles. The summed E-state index contributed by atoms with van der Waals surface area (Å²) in [4.78, 5) is 0. The van der Waals surface area contributed by atoms with Gasteiger partial charge in [0, 0.05) is 30.6 Å². The molecule has 4 aliphatic carbocycles. The first-order valence-electron chi connectivity index (χ1n) is 15.7. The van der Waals surface area contributed by atoms with E-state index in [0.29, 0.717) is 37.9 Å². The van der Waals surface area contributed by atoms with Crippen LogP contribution in [0.5, 0.6) is 5.75 Å². The molecule has 0 bridgehead atoms. The highest BCUT2D eigenvalue weighted by atomic mass is 32.1. The molecular weight excluding hydrogens is 637 g/mol. The van der Waals surface area contributed by atoms with Crippen LogP contribution in [0.1, 0.15) is 118 Å². The predicted molar refractivity (Wildman–Crippen MR) is 203 cm³/mol. The van der Waals surface area contributed by atoms with Gasteiger partial charge in [-0.2, -0.15) is 40.5 Å². The molecular formula is C37H64O6S3. The van der Waals surface area contributed by atoms with Crippen LogP contribution in [0.15, 0.2) is 48.1 Å². The number of allylic oxidation sites excluding steroid dienone is 1. The molecule has 9 heteroatoms. The fourth-order valence-electron chi connectivity index (χ4n) is 9.71. The molecule has 1 aromatic carbocycles. The highest BCUT2D eigenvalue weighted by Gasteiger charge is 2.64. The van der Waals surface area contributed by atoms with Gasteiger partial charge in [-0.05, 0) is 92.9 Å². The summed E-state index contributed by atoms with van der Waals surface area (Å²) in [5.74, 6) is 1.11. The Morgan fingerprint density at radius 2 is 1.61 bits per heavy atom. The third-order valence-corrected chi connectivity index (χ3v) is 11.7. The molecule has 0 radical (unpaired) electrons. The Bertz CT molecular complexity index is 1160. The molecule has 0 amide bonds. The van der Waals surface area contributed by atoms with Crippen molar-refractivity contribution in [2.75, 3.05) is 19.8 Å². The van der Waals surface area contributed by atoms with Gasteiger partial charge in [0.1, 0.15) is 5.75 Å². The Labute approximate surface area is 300 Å². The first-order chi connectivity index (χ1) is 19.3. The van der Waals surface area contributed by atoms with E-state index in [1.807, 2.05) is 6.08 Å². The fourth-order valence-corrected chi connectivity index (χ4v) is 9.71. The maximum absolute atomic E-state index is 12.2. The van der Waals surface area contributed by atoms with E-state index >= 15 is 0 Å². The van der Waals surface area contributed by atoms with Crippen molar-refractivity contribution >= 4 is 40.5 Å². The van der Waals surface area contributed by atoms with Crippen LogP contribution in [0, 0.1) is 17.3 Å². The van der Waals surface area contributed by atoms with E-state index in [-0.39, 0.29) is 80.4 Å². The number of ether oxygens (including phenoxy) is 4. The second-order valence-electron chi connectivity index (χ2n) is 13.7. The molecule has 1 aromatic rings. The fraction of sp³-hybridized carbons (Fsp3) is 0.730. The van der Waals surface area contributed by atoms with Gasteiger partial charge < -0.3 is 29.2 Å². The van der Waals surface area contributed by atoms with E-state index in [0.717, 1.165) is 76.6 Å². The maximum atomic E-state index is 12.2. The highest BCUT2D eigenvalue weighted by Crippen LogP contribution is 2.68. The zero-order valence-electron chi connectivity index (χ0n) is 25.5. The lowest BCUT2D eigenvalue weighted by molar-refractivity contribution is -0.208. The summed E-state index contributed by atoms with van der Waals surface area (Å²) in [6.07, 6.45) is 12.0. The van der Waals surface area contributed by atoms with Crippen molar-refractivity contribution in [1.82, 2.24) is 0 Å². The van der Waals surface area contributed by atoms with Gasteiger partial charge in [-0.3, -0.25) is 0 Å². The summed E-state index contributed by atoms with van der Waals surface area (Å²) in [5, 5.41) is 24.3. The number of benzene rings is 1. The van der Waals surface area contributed by atoms with Crippen molar-refractivity contribution in [1.29, 1.82) is 0 Å². The lowest BCUT2D eigenvalue weighted by Crippen LogP contribution is -2.55. The van der Waals surface area contributed by atoms with E-state index in [4.69, 9.17) is 18.9 Å². The van der Waals surface area contributed by atoms with Gasteiger partial charge in [-0.25, -0.2) is 0 Å². The largest absolute Gasteiger partial charge is 0.465 e. The second-order valence-corrected chi connectivity index (χ2v) is 13.7. The SMILES string of the molecule is C.C.C.C=CC[C@]1(O)CC[C@H]2[C@@H]3CC[C@@]4(O)CC5(CCC4=C3[C@@H](c3ccc(OC4CCCCO4)cc3)C[C@@]21C)OCCO5.S.S.S. The Balaban J connectivity index is 0.00000176. The summed E-state index contributed by atoms with van der Waals surface area (Å²) >= 11 is 0. The predicted octanol–water partition coefficient (Wildman–Crippen LogP) is 8.41. The molecule has 2 heterocycles. The molecule has 0 aromatic heterocycles. The molecule has 6 aliphatic rings. The number of aliphatic hydroxyl groups is 2. The Kier molecular flexibility index (Phi) is 15.4. The van der Waals surface area contributed by atoms with Crippen molar-refractivity contribution in [3.8, 4) is 5.75 Å². The normalized spacial score (nSPS) is 36.8. The highest BCUT2D eigenvalue weighted by molar-refractivity contribution is 7.59. The minimum absolute atomic E-state index is 0. The number of hydrogen-bond acceptors (Lipinski definition) is 6. The van der Waals surface area contributed by atoms with Crippen molar-refractivity contribution < 1.29 is 29.2 Å². The number of fused-ring (bicyclic) bond motifs is 4. The average Bonchev–Trinajstić information content (AvgIpc) is 3.50. The molecule has 3 saturated carbocycles. The summed E-state index contributed by atoms with van der Waals surface area (Å²) in [7, 11) is 0. The molecule has 2 aliphatic heterocycles. The third-order valence-electron chi connectivity index (χ3n) is 11.7. The van der Waals surface area contributed by atoms with Gasteiger partial charge >= 0.3 is 0 Å². The Morgan fingerprint density at radius 3 is 2.24 bits per heavy atom. The minimum atomic E-state index is -0.891. The molecule has 6 nitrogen and oxygen atoms in total. The van der Waals surface area contributed by atoms with E-state index in [2.05, 4.69) is 37.8 Å². The summed E-state index contributed by atoms with van der Waals surface area (Å²) in [6.45, 7) is 8.31. The summed E-state index contributed by atoms with van der Waals surface area (Å²) in [5.41, 5.74) is 2.07. The quantitative estimate of drug-likeness (QED) is 0.301. The molecule has 2 N–H and O–H groups in total. The smallest absolute Gasteiger partial charge is 0.199 e. The standard InChI is InChI=1S/C34H46O6.3CH4.3H2S/c1-3-14-33(36)16-12-27-25-11-15-32(35)22-34(38-19-20-39-34)17-13-28(32)30(25)26(21-31(27,33)2)23-7-9-24(10-8-23)40-29-6-4-5-18-37-29;;;;;;/h3,7-10,25-27,29,35-36H,1,4-6,11-22H2,2H3;3*1H4;3*1H2/t25-,26+,27-,29?,31-,32+,33-;;;;;;/m0....../s1. The van der Waals surface area contributed by atoms with E-state index in [1.54, 1.807) is 0 Å². The topological polar surface area (TPSA) is 77.4 Å². The van der Waals surface area contributed by atoms with Crippen molar-refractivity contribution in [3.63, 3.8) is 0 Å². The van der Waals surface area contributed by atoms with E-state index < -0.39 is 17.0 Å². The maximum Gasteiger partial charge on any atom is 0.199 e. The minimum Gasteiger partial charge on any atom is -0.465 e. The lowest BCUT2D eigenvalue weighted by atomic mass is 9.49. The lowest BCUT2D eigenvalue weighted by Gasteiger charge is -2.57. The van der Waals surface area contributed by atoms with Crippen LogP contribution in [0.3, 0.4) is 0 Å². The zero-order chi connectivity index (χ0) is 27.6. The van der Waals surface area contributed by atoms with Gasteiger partial charge in [0.15, 0.2) is 12.1 Å². The second kappa shape index (κ2) is 16.4. The van der Waals surface area contributed by atoms with Crippen LogP contribution < -0.4 is 4.74 Å². The molecule has 266 valence electrons. The van der Waals surface area contributed by atoms with Gasteiger partial charge in [0.2, 0.25) is 0 Å². The molecule has 5 fully saturated rings. The molecule has 46 heavy (non-hydrogen) atoms. The van der Waals surface area contributed by atoms with Gasteiger partial charge in [0.05, 0.1) is 31.0 Å². The van der Waals surface area contributed by atoms with Crippen LogP contribution in [-0.2, 0) is 14.2 Å². The first-order valence-corrected chi connectivity index (χ1v) is 15.7. The van der Waals surface area contributed by atoms with Crippen LogP contribution >= 0.6 is 40.5 Å². The number of rotatable bonds is 5. The van der Waals surface area contributed by atoms with Crippen molar-refractivity contribution in [2.45, 2.75) is 135 Å². The molecule has 1 unspecified atom stereocenters. The van der Waals surface area contributed by atoms with E-state index in [9.17, 15) is 10.2 Å². The first kappa shape index (κ1) is 43.4. The Morgan fingerprint density at radius 1 is 0.913 bits per heavy atom. The monoisotopic (exact) mass is 700 g/mol. The number of hydrogen-bond donors (Lipinski definition) is 2. The van der Waals surface area contributed by atoms with Gasteiger partial charge in [-0.15, -0.1) is 6.58 Å². The average molecular weight is 701 g/mol. The van der Waals surface area contributed by atoms with Crippen molar-refractivity contribution in [2.24, 2.45) is 17.3 Å². The Hall–Kier alpha value is -0.650. The third kappa shape index (κ3) is 7.14. The molecule has 7 atom stereocenters. The van der Waals surface area contributed by atoms with Crippen molar-refractivity contribution in [3.05, 3.63) is 53.6 Å².